The van der Waals surface area contributed by atoms with Crippen molar-refractivity contribution in [1.29, 1.82) is 0 Å². The molecule has 1 aromatic heterocycles. The maximum atomic E-state index is 5.79. The van der Waals surface area contributed by atoms with Gasteiger partial charge < -0.3 is 15.8 Å². The topological polar surface area (TPSA) is 60.2 Å². The third-order valence-corrected chi connectivity index (χ3v) is 2.82. The smallest absolute Gasteiger partial charge is 0.123 e. The zero-order chi connectivity index (χ0) is 13.7. The van der Waals surface area contributed by atoms with Crippen molar-refractivity contribution in [2.45, 2.75) is 26.4 Å². The highest BCUT2D eigenvalue weighted by atomic mass is 16.5. The summed E-state index contributed by atoms with van der Waals surface area (Å²) in [6.45, 7) is 4.16. The van der Waals surface area contributed by atoms with E-state index >= 15 is 0 Å². The summed E-state index contributed by atoms with van der Waals surface area (Å²) in [5.41, 5.74) is 7.42. The van der Waals surface area contributed by atoms with E-state index in [-0.39, 0.29) is 6.10 Å². The Labute approximate surface area is 113 Å². The van der Waals surface area contributed by atoms with Crippen LogP contribution in [0.2, 0.25) is 0 Å². The number of ether oxygens (including phenoxy) is 1. The minimum absolute atomic E-state index is 0.216. The van der Waals surface area contributed by atoms with Crippen molar-refractivity contribution in [3.63, 3.8) is 0 Å². The highest BCUT2D eigenvalue weighted by molar-refractivity contribution is 5.61. The molecule has 1 unspecified atom stereocenters. The number of benzene rings is 1. The van der Waals surface area contributed by atoms with Gasteiger partial charge in [0.1, 0.15) is 11.6 Å². The maximum Gasteiger partial charge on any atom is 0.123 e. The van der Waals surface area contributed by atoms with Crippen molar-refractivity contribution in [3.8, 4) is 5.75 Å². The monoisotopic (exact) mass is 257 g/mol. The van der Waals surface area contributed by atoms with Crippen molar-refractivity contribution in [2.75, 3.05) is 11.1 Å². The van der Waals surface area contributed by atoms with Gasteiger partial charge in [-0.15, -0.1) is 0 Å². The van der Waals surface area contributed by atoms with Crippen LogP contribution in [0.1, 0.15) is 20.3 Å². The summed E-state index contributed by atoms with van der Waals surface area (Å²) in [5, 5.41) is 3.26. The van der Waals surface area contributed by atoms with Gasteiger partial charge in [0.15, 0.2) is 0 Å². The molecule has 0 radical (unpaired) electrons. The summed E-state index contributed by atoms with van der Waals surface area (Å²) >= 11 is 0. The SMILES string of the molecule is CCC(C)Oc1cccc(Nc2ccc(N)nc2)c1. The fraction of sp³-hybridized carbons (Fsp3) is 0.267. The van der Waals surface area contributed by atoms with Gasteiger partial charge in [0.25, 0.3) is 0 Å². The van der Waals surface area contributed by atoms with Gasteiger partial charge in [0.05, 0.1) is 18.0 Å². The van der Waals surface area contributed by atoms with Crippen LogP contribution in [0.3, 0.4) is 0 Å². The van der Waals surface area contributed by atoms with Crippen LogP contribution in [0.4, 0.5) is 17.2 Å². The number of nitrogen functional groups attached to an aromatic ring is 1. The molecule has 0 saturated heterocycles. The van der Waals surface area contributed by atoms with E-state index in [4.69, 9.17) is 10.5 Å². The minimum atomic E-state index is 0.216. The van der Waals surface area contributed by atoms with E-state index in [2.05, 4.69) is 24.1 Å². The molecule has 0 bridgehead atoms. The Morgan fingerprint density at radius 1 is 1.26 bits per heavy atom. The molecule has 1 atom stereocenters. The average Bonchev–Trinajstić information content (AvgIpc) is 2.42. The standard InChI is InChI=1S/C15H19N3O/c1-3-11(2)19-14-6-4-5-12(9-14)18-13-7-8-15(16)17-10-13/h4-11,18H,3H2,1-2H3,(H2,16,17). The molecule has 0 saturated carbocycles. The molecule has 100 valence electrons. The minimum Gasteiger partial charge on any atom is -0.491 e. The highest BCUT2D eigenvalue weighted by Gasteiger charge is 2.02. The van der Waals surface area contributed by atoms with Gasteiger partial charge in [-0.3, -0.25) is 0 Å². The van der Waals surface area contributed by atoms with E-state index in [0.29, 0.717) is 5.82 Å². The number of nitrogens with one attached hydrogen (secondary N) is 1. The molecule has 1 aromatic carbocycles. The predicted molar refractivity (Wildman–Crippen MR) is 78.8 cm³/mol. The van der Waals surface area contributed by atoms with Crippen molar-refractivity contribution in [3.05, 3.63) is 42.6 Å². The second kappa shape index (κ2) is 6.09. The molecule has 0 aliphatic heterocycles. The molecule has 0 aliphatic carbocycles. The molecule has 1 heterocycles. The lowest BCUT2D eigenvalue weighted by Crippen LogP contribution is -2.09. The van der Waals surface area contributed by atoms with Crippen LogP contribution in [-0.4, -0.2) is 11.1 Å². The van der Waals surface area contributed by atoms with Crippen molar-refractivity contribution < 1.29 is 4.74 Å². The van der Waals surface area contributed by atoms with Gasteiger partial charge in [0, 0.05) is 11.8 Å². The largest absolute Gasteiger partial charge is 0.491 e. The maximum absolute atomic E-state index is 5.79. The van der Waals surface area contributed by atoms with E-state index in [1.807, 2.05) is 30.3 Å². The van der Waals surface area contributed by atoms with E-state index in [1.165, 1.54) is 0 Å². The van der Waals surface area contributed by atoms with E-state index in [9.17, 15) is 0 Å². The molecule has 4 nitrogen and oxygen atoms in total. The number of aromatic nitrogens is 1. The third kappa shape index (κ3) is 3.88. The third-order valence-electron chi connectivity index (χ3n) is 2.82. The summed E-state index contributed by atoms with van der Waals surface area (Å²) < 4.78 is 5.79. The van der Waals surface area contributed by atoms with Gasteiger partial charge in [-0.1, -0.05) is 13.0 Å². The van der Waals surface area contributed by atoms with Crippen molar-refractivity contribution >= 4 is 17.2 Å². The van der Waals surface area contributed by atoms with Gasteiger partial charge in [-0.25, -0.2) is 4.98 Å². The summed E-state index contributed by atoms with van der Waals surface area (Å²) in [6, 6.07) is 11.5. The number of hydrogen-bond acceptors (Lipinski definition) is 4. The summed E-state index contributed by atoms with van der Waals surface area (Å²) in [5.74, 6) is 1.38. The van der Waals surface area contributed by atoms with E-state index in [1.54, 1.807) is 12.3 Å². The summed E-state index contributed by atoms with van der Waals surface area (Å²) in [4.78, 5) is 4.04. The molecule has 19 heavy (non-hydrogen) atoms. The van der Waals surface area contributed by atoms with Crippen LogP contribution >= 0.6 is 0 Å². The van der Waals surface area contributed by atoms with Gasteiger partial charge in [-0.2, -0.15) is 0 Å². The molecular weight excluding hydrogens is 238 g/mol. The Morgan fingerprint density at radius 3 is 2.79 bits per heavy atom. The second-order valence-corrected chi connectivity index (χ2v) is 4.46. The van der Waals surface area contributed by atoms with Gasteiger partial charge in [0.2, 0.25) is 0 Å². The fourth-order valence-corrected chi connectivity index (χ4v) is 1.61. The molecule has 0 aliphatic rings. The Kier molecular flexibility index (Phi) is 4.23. The lowest BCUT2D eigenvalue weighted by atomic mass is 10.2. The van der Waals surface area contributed by atoms with Crippen LogP contribution in [0.15, 0.2) is 42.6 Å². The van der Waals surface area contributed by atoms with Crippen LogP contribution in [0.25, 0.3) is 0 Å². The number of nitrogens with two attached hydrogens (primary N) is 1. The fourth-order valence-electron chi connectivity index (χ4n) is 1.61. The molecule has 0 spiro atoms. The van der Waals surface area contributed by atoms with Crippen LogP contribution in [-0.2, 0) is 0 Å². The summed E-state index contributed by atoms with van der Waals surface area (Å²) in [6.07, 6.45) is 2.91. The first kappa shape index (κ1) is 13.2. The molecule has 0 amide bonds. The van der Waals surface area contributed by atoms with Crippen molar-refractivity contribution in [1.82, 2.24) is 4.98 Å². The lowest BCUT2D eigenvalue weighted by molar-refractivity contribution is 0.217. The van der Waals surface area contributed by atoms with E-state index < -0.39 is 0 Å². The number of hydrogen-bond donors (Lipinski definition) is 2. The Hall–Kier alpha value is -2.23. The molecular formula is C15H19N3O. The lowest BCUT2D eigenvalue weighted by Gasteiger charge is -2.14. The number of pyridine rings is 1. The molecule has 2 rings (SSSR count). The van der Waals surface area contributed by atoms with Gasteiger partial charge in [-0.05, 0) is 37.6 Å². The van der Waals surface area contributed by atoms with Gasteiger partial charge >= 0.3 is 0 Å². The summed E-state index contributed by atoms with van der Waals surface area (Å²) in [7, 11) is 0. The molecule has 3 N–H and O–H groups in total. The first-order valence-corrected chi connectivity index (χ1v) is 6.42. The predicted octanol–water partition coefficient (Wildman–Crippen LogP) is 3.58. The molecule has 2 aromatic rings. The number of rotatable bonds is 5. The van der Waals surface area contributed by atoms with Crippen LogP contribution in [0.5, 0.6) is 5.75 Å². The van der Waals surface area contributed by atoms with E-state index in [0.717, 1.165) is 23.5 Å². The average molecular weight is 257 g/mol. The number of anilines is 3. The normalized spacial score (nSPS) is 11.9. The quantitative estimate of drug-likeness (QED) is 0.859. The second-order valence-electron chi connectivity index (χ2n) is 4.46. The zero-order valence-electron chi connectivity index (χ0n) is 11.3. The zero-order valence-corrected chi connectivity index (χ0v) is 11.3. The van der Waals surface area contributed by atoms with Crippen LogP contribution in [0, 0.1) is 0 Å². The number of nitrogens with zero attached hydrogens (tertiary/aromatic N) is 1. The Bertz CT molecular complexity index is 525. The van der Waals surface area contributed by atoms with Crippen LogP contribution < -0.4 is 15.8 Å². The first-order valence-electron chi connectivity index (χ1n) is 6.42. The Balaban J connectivity index is 2.08. The van der Waals surface area contributed by atoms with Crippen molar-refractivity contribution in [2.24, 2.45) is 0 Å². The highest BCUT2D eigenvalue weighted by Crippen LogP contribution is 2.22. The molecule has 4 heteroatoms. The Morgan fingerprint density at radius 2 is 2.11 bits per heavy atom. The molecule has 0 fully saturated rings. The first-order chi connectivity index (χ1) is 9.17.